The van der Waals surface area contributed by atoms with E-state index < -0.39 is 5.56 Å². The molecule has 2 aromatic heterocycles. The zero-order chi connectivity index (χ0) is 19.7. The van der Waals surface area contributed by atoms with E-state index in [0.29, 0.717) is 5.56 Å². The number of nitrogens with one attached hydrogen (secondary N) is 1. The van der Waals surface area contributed by atoms with Crippen LogP contribution in [0.5, 0.6) is 0 Å². The lowest BCUT2D eigenvalue weighted by molar-refractivity contribution is 0.837. The summed E-state index contributed by atoms with van der Waals surface area (Å²) in [5, 5.41) is 19.9. The average molecular weight is 365 g/mol. The van der Waals surface area contributed by atoms with Crippen LogP contribution in [-0.4, -0.2) is 9.55 Å². The summed E-state index contributed by atoms with van der Waals surface area (Å²) < 4.78 is 2.12. The molecule has 28 heavy (non-hydrogen) atoms. The van der Waals surface area contributed by atoms with Crippen LogP contribution in [0, 0.1) is 22.7 Å². The normalized spacial score (nSPS) is 10.5. The summed E-state index contributed by atoms with van der Waals surface area (Å²) in [6.45, 7) is 0.731. The molecule has 4 rings (SSSR count). The van der Waals surface area contributed by atoms with Gasteiger partial charge in [-0.15, -0.1) is 0 Å². The molecular weight excluding hydrogens is 350 g/mol. The fourth-order valence-corrected chi connectivity index (χ4v) is 3.41. The second-order valence-electron chi connectivity index (χ2n) is 6.42. The van der Waals surface area contributed by atoms with Crippen molar-refractivity contribution in [2.24, 2.45) is 0 Å². The van der Waals surface area contributed by atoms with Gasteiger partial charge >= 0.3 is 0 Å². The molecule has 134 valence electrons. The standard InChI is InChI=1S/C22H15N5O/c23-11-17-20(18(12-24)22(28)26-21(17)25)16-6-7-19-15(10-16)8-9-27(19)13-14-4-2-1-3-5-14/h1-10H,13H2,(H3,25,26,28). The van der Waals surface area contributed by atoms with Gasteiger partial charge in [-0.25, -0.2) is 0 Å². The maximum atomic E-state index is 12.1. The minimum Gasteiger partial charge on any atom is -0.384 e. The third kappa shape index (κ3) is 2.80. The predicted molar refractivity (Wildman–Crippen MR) is 107 cm³/mol. The first kappa shape index (κ1) is 17.1. The fourth-order valence-electron chi connectivity index (χ4n) is 3.41. The highest BCUT2D eigenvalue weighted by atomic mass is 16.1. The van der Waals surface area contributed by atoms with Crippen LogP contribution < -0.4 is 11.3 Å². The minimum absolute atomic E-state index is 0.0387. The average Bonchev–Trinajstić information content (AvgIpc) is 3.10. The smallest absolute Gasteiger partial charge is 0.268 e. The number of nitrogen functional groups attached to an aromatic ring is 1. The van der Waals surface area contributed by atoms with Crippen LogP contribution >= 0.6 is 0 Å². The Morgan fingerprint density at radius 1 is 1.00 bits per heavy atom. The Morgan fingerprint density at radius 3 is 2.46 bits per heavy atom. The van der Waals surface area contributed by atoms with E-state index >= 15 is 0 Å². The number of rotatable bonds is 3. The first-order valence-corrected chi connectivity index (χ1v) is 8.61. The van der Waals surface area contributed by atoms with Gasteiger partial charge in [0.05, 0.1) is 0 Å². The van der Waals surface area contributed by atoms with Crippen molar-refractivity contribution in [3.8, 4) is 23.3 Å². The van der Waals surface area contributed by atoms with Crippen LogP contribution in [0.2, 0.25) is 0 Å². The zero-order valence-electron chi connectivity index (χ0n) is 14.8. The van der Waals surface area contributed by atoms with Crippen molar-refractivity contribution in [3.05, 3.63) is 87.8 Å². The molecule has 0 saturated heterocycles. The van der Waals surface area contributed by atoms with Crippen LogP contribution in [0.4, 0.5) is 5.82 Å². The van der Waals surface area contributed by atoms with Gasteiger partial charge < -0.3 is 15.3 Å². The predicted octanol–water partition coefficient (Wildman–Crippen LogP) is 3.37. The third-order valence-electron chi connectivity index (χ3n) is 4.72. The molecule has 0 unspecified atom stereocenters. The van der Waals surface area contributed by atoms with Gasteiger partial charge in [0.25, 0.3) is 5.56 Å². The number of H-pyrrole nitrogens is 1. The Balaban J connectivity index is 1.86. The monoisotopic (exact) mass is 365 g/mol. The van der Waals surface area contributed by atoms with Crippen molar-refractivity contribution >= 4 is 16.7 Å². The second kappa shape index (κ2) is 6.79. The Labute approximate surface area is 160 Å². The number of hydrogen-bond donors (Lipinski definition) is 2. The van der Waals surface area contributed by atoms with Crippen LogP contribution in [0.25, 0.3) is 22.0 Å². The second-order valence-corrected chi connectivity index (χ2v) is 6.42. The lowest BCUT2D eigenvalue weighted by Gasteiger charge is -2.10. The van der Waals surface area contributed by atoms with Gasteiger partial charge in [0.1, 0.15) is 29.1 Å². The summed E-state index contributed by atoms with van der Waals surface area (Å²) in [4.78, 5) is 14.5. The first-order chi connectivity index (χ1) is 13.6. The molecule has 2 aromatic carbocycles. The molecule has 0 aliphatic heterocycles. The lowest BCUT2D eigenvalue weighted by Crippen LogP contribution is -2.16. The van der Waals surface area contributed by atoms with E-state index in [0.717, 1.165) is 17.4 Å². The maximum absolute atomic E-state index is 12.1. The van der Waals surface area contributed by atoms with Crippen LogP contribution in [0.15, 0.2) is 65.6 Å². The van der Waals surface area contributed by atoms with Crippen molar-refractivity contribution in [1.82, 2.24) is 9.55 Å². The molecule has 0 aliphatic carbocycles. The van der Waals surface area contributed by atoms with Crippen molar-refractivity contribution in [1.29, 1.82) is 10.5 Å². The number of aromatic amines is 1. The molecule has 0 spiro atoms. The molecule has 2 heterocycles. The molecule has 0 radical (unpaired) electrons. The van der Waals surface area contributed by atoms with Gasteiger partial charge in [-0.05, 0) is 29.3 Å². The number of aromatic nitrogens is 2. The molecule has 0 aliphatic rings. The van der Waals surface area contributed by atoms with Gasteiger partial charge in [-0.2, -0.15) is 10.5 Å². The van der Waals surface area contributed by atoms with Crippen molar-refractivity contribution < 1.29 is 0 Å². The summed E-state index contributed by atoms with van der Waals surface area (Å²) in [7, 11) is 0. The molecule has 3 N–H and O–H groups in total. The molecular formula is C22H15N5O. The number of benzene rings is 2. The van der Waals surface area contributed by atoms with E-state index in [1.54, 1.807) is 6.07 Å². The van der Waals surface area contributed by atoms with Crippen molar-refractivity contribution in [3.63, 3.8) is 0 Å². The number of anilines is 1. The van der Waals surface area contributed by atoms with E-state index in [4.69, 9.17) is 5.73 Å². The Bertz CT molecular complexity index is 1330. The van der Waals surface area contributed by atoms with Gasteiger partial charge in [0, 0.05) is 29.2 Å². The number of fused-ring (bicyclic) bond motifs is 1. The van der Waals surface area contributed by atoms with Crippen molar-refractivity contribution in [2.75, 3.05) is 5.73 Å². The largest absolute Gasteiger partial charge is 0.384 e. The van der Waals surface area contributed by atoms with Crippen LogP contribution in [0.3, 0.4) is 0 Å². The van der Waals surface area contributed by atoms with E-state index in [-0.39, 0.29) is 22.5 Å². The minimum atomic E-state index is -0.601. The number of nitrogens with zero attached hydrogens (tertiary/aromatic N) is 3. The highest BCUT2D eigenvalue weighted by Crippen LogP contribution is 2.31. The Morgan fingerprint density at radius 2 is 1.75 bits per heavy atom. The molecule has 0 saturated carbocycles. The molecule has 6 nitrogen and oxygen atoms in total. The Kier molecular flexibility index (Phi) is 4.16. The topological polar surface area (TPSA) is 111 Å². The zero-order valence-corrected chi connectivity index (χ0v) is 14.8. The number of nitriles is 2. The summed E-state index contributed by atoms with van der Waals surface area (Å²) in [5.41, 5.74) is 8.26. The van der Waals surface area contributed by atoms with Gasteiger partial charge in [0.2, 0.25) is 0 Å². The van der Waals surface area contributed by atoms with E-state index in [1.165, 1.54) is 5.56 Å². The van der Waals surface area contributed by atoms with Gasteiger partial charge in [-0.1, -0.05) is 36.4 Å². The molecule has 6 heteroatoms. The summed E-state index contributed by atoms with van der Waals surface area (Å²) in [6.07, 6.45) is 1.99. The highest BCUT2D eigenvalue weighted by Gasteiger charge is 2.18. The fraction of sp³-hybridized carbons (Fsp3) is 0.0455. The van der Waals surface area contributed by atoms with E-state index in [9.17, 15) is 15.3 Å². The number of pyridine rings is 1. The SMILES string of the molecule is N#Cc1c(N)[nH]c(=O)c(C#N)c1-c1ccc2c(ccn2Cc2ccccc2)c1. The molecule has 0 fully saturated rings. The van der Waals surface area contributed by atoms with E-state index in [2.05, 4.69) is 21.7 Å². The summed E-state index contributed by atoms with van der Waals surface area (Å²) >= 11 is 0. The van der Waals surface area contributed by atoms with Crippen molar-refractivity contribution in [2.45, 2.75) is 6.54 Å². The summed E-state index contributed by atoms with van der Waals surface area (Å²) in [6, 6.07) is 21.6. The summed E-state index contributed by atoms with van der Waals surface area (Å²) in [5.74, 6) is -0.0387. The molecule has 0 bridgehead atoms. The molecule has 4 aromatic rings. The van der Waals surface area contributed by atoms with Gasteiger partial charge in [0.15, 0.2) is 0 Å². The highest BCUT2D eigenvalue weighted by molar-refractivity contribution is 5.89. The quantitative estimate of drug-likeness (QED) is 0.579. The lowest BCUT2D eigenvalue weighted by atomic mass is 9.96. The Hall–Kier alpha value is -4.29. The third-order valence-corrected chi connectivity index (χ3v) is 4.72. The molecule has 0 atom stereocenters. The van der Waals surface area contributed by atoms with Crippen LogP contribution in [-0.2, 0) is 6.54 Å². The van der Waals surface area contributed by atoms with E-state index in [1.807, 2.05) is 54.7 Å². The van der Waals surface area contributed by atoms with Crippen LogP contribution in [0.1, 0.15) is 16.7 Å². The number of nitrogens with two attached hydrogens (primary N) is 1. The molecule has 0 amide bonds. The van der Waals surface area contributed by atoms with Gasteiger partial charge in [-0.3, -0.25) is 4.79 Å². The first-order valence-electron chi connectivity index (χ1n) is 8.61. The maximum Gasteiger partial charge on any atom is 0.268 e. The number of hydrogen-bond acceptors (Lipinski definition) is 4.